The standard InChI is InChI=1S/C13H15N5O2/c1-9-4-16-12(17-9)11-7-20-3-2-18(11)13(19)10-5-14-8-15-6-10/h4-6,8,11H,2-3,7H2,1H3,(H,16,17)/t11-/m1/s1. The first kappa shape index (κ1) is 12.7. The summed E-state index contributed by atoms with van der Waals surface area (Å²) in [7, 11) is 0. The number of ether oxygens (including phenoxy) is 1. The van der Waals surface area contributed by atoms with E-state index in [-0.39, 0.29) is 11.9 Å². The van der Waals surface area contributed by atoms with E-state index in [4.69, 9.17) is 4.74 Å². The van der Waals surface area contributed by atoms with Crippen molar-refractivity contribution in [3.05, 3.63) is 42.0 Å². The second kappa shape index (κ2) is 5.38. The van der Waals surface area contributed by atoms with Gasteiger partial charge < -0.3 is 14.6 Å². The van der Waals surface area contributed by atoms with Gasteiger partial charge in [-0.2, -0.15) is 0 Å². The molecule has 20 heavy (non-hydrogen) atoms. The lowest BCUT2D eigenvalue weighted by molar-refractivity contribution is -0.00505. The number of nitrogens with one attached hydrogen (secondary N) is 1. The molecule has 3 heterocycles. The maximum Gasteiger partial charge on any atom is 0.257 e. The van der Waals surface area contributed by atoms with Gasteiger partial charge in [-0.15, -0.1) is 0 Å². The summed E-state index contributed by atoms with van der Waals surface area (Å²) in [5, 5.41) is 0. The van der Waals surface area contributed by atoms with Crippen molar-refractivity contribution in [1.29, 1.82) is 0 Å². The van der Waals surface area contributed by atoms with Gasteiger partial charge >= 0.3 is 0 Å². The molecule has 7 heteroatoms. The fourth-order valence-corrected chi connectivity index (χ4v) is 2.25. The summed E-state index contributed by atoms with van der Waals surface area (Å²) in [5.74, 6) is 0.639. The molecule has 1 aliphatic rings. The quantitative estimate of drug-likeness (QED) is 0.871. The summed E-state index contributed by atoms with van der Waals surface area (Å²) in [6.45, 7) is 3.41. The van der Waals surface area contributed by atoms with Gasteiger partial charge in [0.1, 0.15) is 18.2 Å². The minimum atomic E-state index is -0.204. The molecular weight excluding hydrogens is 258 g/mol. The molecule has 1 N–H and O–H groups in total. The van der Waals surface area contributed by atoms with Gasteiger partial charge in [0.25, 0.3) is 5.91 Å². The summed E-state index contributed by atoms with van der Waals surface area (Å²) in [6, 6.07) is -0.204. The van der Waals surface area contributed by atoms with E-state index in [0.29, 0.717) is 25.3 Å². The van der Waals surface area contributed by atoms with E-state index in [1.807, 2.05) is 6.92 Å². The van der Waals surface area contributed by atoms with E-state index in [9.17, 15) is 4.79 Å². The van der Waals surface area contributed by atoms with Crippen LogP contribution in [-0.2, 0) is 4.74 Å². The number of amides is 1. The number of imidazole rings is 1. The van der Waals surface area contributed by atoms with E-state index in [1.54, 1.807) is 11.1 Å². The normalized spacial score (nSPS) is 19.1. The van der Waals surface area contributed by atoms with Crippen molar-refractivity contribution in [2.75, 3.05) is 19.8 Å². The molecule has 1 amide bonds. The van der Waals surface area contributed by atoms with Crippen LogP contribution in [0.25, 0.3) is 0 Å². The van der Waals surface area contributed by atoms with Crippen LogP contribution in [0.4, 0.5) is 0 Å². The van der Waals surface area contributed by atoms with Gasteiger partial charge in [-0.25, -0.2) is 15.0 Å². The van der Waals surface area contributed by atoms with Crippen molar-refractivity contribution in [2.24, 2.45) is 0 Å². The maximum absolute atomic E-state index is 12.5. The Morgan fingerprint density at radius 3 is 2.90 bits per heavy atom. The van der Waals surface area contributed by atoms with Crippen LogP contribution >= 0.6 is 0 Å². The zero-order chi connectivity index (χ0) is 13.9. The van der Waals surface area contributed by atoms with Gasteiger partial charge in [-0.1, -0.05) is 0 Å². The lowest BCUT2D eigenvalue weighted by Crippen LogP contribution is -2.43. The van der Waals surface area contributed by atoms with Crippen molar-refractivity contribution >= 4 is 5.91 Å². The molecule has 0 spiro atoms. The number of aromatic nitrogens is 4. The topological polar surface area (TPSA) is 84.0 Å². The maximum atomic E-state index is 12.5. The van der Waals surface area contributed by atoms with Gasteiger partial charge in [0.2, 0.25) is 0 Å². The number of morpholine rings is 1. The molecule has 104 valence electrons. The van der Waals surface area contributed by atoms with Crippen LogP contribution in [0.5, 0.6) is 0 Å². The van der Waals surface area contributed by atoms with Gasteiger partial charge in [-0.3, -0.25) is 4.79 Å². The second-order valence-corrected chi connectivity index (χ2v) is 4.67. The molecule has 1 fully saturated rings. The lowest BCUT2D eigenvalue weighted by Gasteiger charge is -2.34. The number of hydrogen-bond donors (Lipinski definition) is 1. The summed E-state index contributed by atoms with van der Waals surface area (Å²) in [6.07, 6.45) is 6.20. The number of aryl methyl sites for hydroxylation is 1. The Labute approximate surface area is 116 Å². The van der Waals surface area contributed by atoms with Crippen molar-refractivity contribution < 1.29 is 9.53 Å². The van der Waals surface area contributed by atoms with Crippen LogP contribution in [0.2, 0.25) is 0 Å². The van der Waals surface area contributed by atoms with E-state index >= 15 is 0 Å². The van der Waals surface area contributed by atoms with E-state index in [1.165, 1.54) is 18.7 Å². The van der Waals surface area contributed by atoms with Crippen LogP contribution in [0.15, 0.2) is 24.9 Å². The molecule has 0 saturated carbocycles. The molecule has 0 bridgehead atoms. The largest absolute Gasteiger partial charge is 0.377 e. The molecular formula is C13H15N5O2. The van der Waals surface area contributed by atoms with Crippen molar-refractivity contribution in [3.8, 4) is 0 Å². The van der Waals surface area contributed by atoms with Crippen LogP contribution in [-0.4, -0.2) is 50.5 Å². The smallest absolute Gasteiger partial charge is 0.257 e. The Morgan fingerprint density at radius 1 is 1.40 bits per heavy atom. The molecule has 1 saturated heterocycles. The Balaban J connectivity index is 1.87. The Bertz CT molecular complexity index is 598. The zero-order valence-electron chi connectivity index (χ0n) is 11.1. The minimum absolute atomic E-state index is 0.104. The first-order chi connectivity index (χ1) is 9.75. The molecule has 0 aliphatic carbocycles. The van der Waals surface area contributed by atoms with E-state index < -0.39 is 0 Å². The van der Waals surface area contributed by atoms with Gasteiger partial charge in [0, 0.05) is 30.8 Å². The first-order valence-corrected chi connectivity index (χ1v) is 6.41. The number of H-pyrrole nitrogens is 1. The Hall–Kier alpha value is -2.28. The third kappa shape index (κ3) is 2.39. The lowest BCUT2D eigenvalue weighted by atomic mass is 10.1. The van der Waals surface area contributed by atoms with Crippen molar-refractivity contribution in [2.45, 2.75) is 13.0 Å². The van der Waals surface area contributed by atoms with Gasteiger partial charge in [-0.05, 0) is 6.92 Å². The molecule has 0 radical (unpaired) electrons. The molecule has 0 unspecified atom stereocenters. The molecule has 2 aromatic rings. The highest BCUT2D eigenvalue weighted by Crippen LogP contribution is 2.23. The van der Waals surface area contributed by atoms with E-state index in [2.05, 4.69) is 19.9 Å². The van der Waals surface area contributed by atoms with E-state index in [0.717, 1.165) is 11.5 Å². The molecule has 1 atom stereocenters. The highest BCUT2D eigenvalue weighted by Gasteiger charge is 2.31. The summed E-state index contributed by atoms with van der Waals surface area (Å²) in [4.78, 5) is 29.5. The summed E-state index contributed by atoms with van der Waals surface area (Å²) in [5.41, 5.74) is 1.43. The van der Waals surface area contributed by atoms with Crippen LogP contribution in [0.1, 0.15) is 27.9 Å². The fraction of sp³-hybridized carbons (Fsp3) is 0.385. The monoisotopic (exact) mass is 273 g/mol. The average Bonchev–Trinajstić information content (AvgIpc) is 2.94. The predicted molar refractivity (Wildman–Crippen MR) is 70.0 cm³/mol. The third-order valence-corrected chi connectivity index (χ3v) is 3.24. The van der Waals surface area contributed by atoms with Gasteiger partial charge in [0.05, 0.1) is 18.8 Å². The summed E-state index contributed by atoms with van der Waals surface area (Å²) >= 11 is 0. The van der Waals surface area contributed by atoms with Crippen molar-refractivity contribution in [1.82, 2.24) is 24.8 Å². The number of aromatic amines is 1. The fourth-order valence-electron chi connectivity index (χ4n) is 2.25. The van der Waals surface area contributed by atoms with Crippen LogP contribution < -0.4 is 0 Å². The minimum Gasteiger partial charge on any atom is -0.377 e. The van der Waals surface area contributed by atoms with Gasteiger partial charge in [0.15, 0.2) is 0 Å². The Morgan fingerprint density at radius 2 is 2.20 bits per heavy atom. The summed E-state index contributed by atoms with van der Waals surface area (Å²) < 4.78 is 5.48. The molecule has 1 aliphatic heterocycles. The number of rotatable bonds is 2. The number of carbonyl (C=O) groups is 1. The third-order valence-electron chi connectivity index (χ3n) is 3.24. The second-order valence-electron chi connectivity index (χ2n) is 4.67. The zero-order valence-corrected chi connectivity index (χ0v) is 11.1. The average molecular weight is 273 g/mol. The number of nitrogens with zero attached hydrogens (tertiary/aromatic N) is 4. The SMILES string of the molecule is Cc1cnc([C@H]2COCCN2C(=O)c2cncnc2)[nH]1. The molecule has 2 aromatic heterocycles. The number of carbonyl (C=O) groups excluding carboxylic acids is 1. The molecule has 7 nitrogen and oxygen atoms in total. The predicted octanol–water partition coefficient (Wildman–Crippen LogP) is 0.722. The van der Waals surface area contributed by atoms with Crippen molar-refractivity contribution in [3.63, 3.8) is 0 Å². The molecule has 3 rings (SSSR count). The molecule has 0 aromatic carbocycles. The first-order valence-electron chi connectivity index (χ1n) is 6.41. The van der Waals surface area contributed by atoms with Crippen LogP contribution in [0.3, 0.4) is 0 Å². The Kier molecular flexibility index (Phi) is 3.42. The van der Waals surface area contributed by atoms with Crippen LogP contribution in [0, 0.1) is 6.92 Å². The highest BCUT2D eigenvalue weighted by atomic mass is 16.5. The highest BCUT2D eigenvalue weighted by molar-refractivity contribution is 5.93. The number of hydrogen-bond acceptors (Lipinski definition) is 5.